The van der Waals surface area contributed by atoms with Crippen LogP contribution in [0, 0.1) is 13.8 Å². The van der Waals surface area contributed by atoms with Gasteiger partial charge in [-0.25, -0.2) is 4.68 Å². The molecule has 5 heteroatoms. The van der Waals surface area contributed by atoms with Crippen LogP contribution in [0.4, 0.5) is 5.69 Å². The zero-order valence-corrected chi connectivity index (χ0v) is 14.5. The lowest BCUT2D eigenvalue weighted by Gasteiger charge is -2.07. The summed E-state index contributed by atoms with van der Waals surface area (Å²) in [5.41, 5.74) is 4.35. The maximum Gasteiger partial charge on any atom is 0.255 e. The third-order valence-electron chi connectivity index (χ3n) is 3.49. The molecular weight excluding hydrogens is 354 g/mol. The van der Waals surface area contributed by atoms with Crippen molar-refractivity contribution in [3.63, 3.8) is 0 Å². The van der Waals surface area contributed by atoms with Crippen molar-refractivity contribution in [2.45, 2.75) is 13.8 Å². The minimum atomic E-state index is -0.132. The topological polar surface area (TPSA) is 46.9 Å². The third kappa shape index (κ3) is 3.51. The predicted octanol–water partition coefficient (Wildman–Crippen LogP) is 4.50. The van der Waals surface area contributed by atoms with E-state index in [-0.39, 0.29) is 5.91 Å². The van der Waals surface area contributed by atoms with E-state index < -0.39 is 0 Å². The van der Waals surface area contributed by atoms with E-state index in [9.17, 15) is 4.79 Å². The molecule has 0 radical (unpaired) electrons. The van der Waals surface area contributed by atoms with Gasteiger partial charge >= 0.3 is 0 Å². The van der Waals surface area contributed by atoms with Crippen molar-refractivity contribution in [2.75, 3.05) is 5.32 Å². The number of carbonyl (C=O) groups is 1. The minimum absolute atomic E-state index is 0.132. The van der Waals surface area contributed by atoms with Crippen LogP contribution in [0.15, 0.2) is 59.1 Å². The molecule has 23 heavy (non-hydrogen) atoms. The normalized spacial score (nSPS) is 10.6. The number of hydrogen-bond acceptors (Lipinski definition) is 2. The van der Waals surface area contributed by atoms with Gasteiger partial charge in [-0.05, 0) is 68.4 Å². The van der Waals surface area contributed by atoms with E-state index in [1.165, 1.54) is 0 Å². The van der Waals surface area contributed by atoms with Crippen LogP contribution in [0.2, 0.25) is 0 Å². The van der Waals surface area contributed by atoms with Crippen LogP contribution in [0.5, 0.6) is 0 Å². The number of halogens is 1. The van der Waals surface area contributed by atoms with Crippen molar-refractivity contribution >= 4 is 27.5 Å². The van der Waals surface area contributed by atoms with Crippen molar-refractivity contribution in [1.82, 2.24) is 9.78 Å². The first-order valence-electron chi connectivity index (χ1n) is 7.23. The van der Waals surface area contributed by atoms with E-state index in [1.807, 2.05) is 61.0 Å². The quantitative estimate of drug-likeness (QED) is 0.738. The molecule has 0 bridgehead atoms. The smallest absolute Gasteiger partial charge is 0.255 e. The van der Waals surface area contributed by atoms with Crippen LogP contribution in [0.1, 0.15) is 21.7 Å². The molecule has 1 aromatic heterocycles. The summed E-state index contributed by atoms with van der Waals surface area (Å²) >= 11 is 3.37. The average Bonchev–Trinajstić information content (AvgIpc) is 2.88. The number of aryl methyl sites for hydroxylation is 2. The lowest BCUT2D eigenvalue weighted by molar-refractivity contribution is 0.102. The summed E-state index contributed by atoms with van der Waals surface area (Å²) in [6.07, 6.45) is 0. The first-order chi connectivity index (χ1) is 11.0. The zero-order chi connectivity index (χ0) is 16.4. The lowest BCUT2D eigenvalue weighted by Crippen LogP contribution is -2.12. The number of nitrogens with zero attached hydrogens (tertiary/aromatic N) is 2. The van der Waals surface area contributed by atoms with Crippen LogP contribution >= 0.6 is 15.9 Å². The molecule has 0 saturated carbocycles. The van der Waals surface area contributed by atoms with Crippen molar-refractivity contribution in [3.8, 4) is 5.69 Å². The maximum atomic E-state index is 12.3. The van der Waals surface area contributed by atoms with Crippen LogP contribution < -0.4 is 5.32 Å². The van der Waals surface area contributed by atoms with Gasteiger partial charge in [-0.1, -0.05) is 15.9 Å². The fraction of sp³-hybridized carbons (Fsp3) is 0.111. The second-order valence-electron chi connectivity index (χ2n) is 5.35. The standard InChI is InChI=1S/C18H16BrN3O/c1-12-11-13(2)22(21-12)17-9-3-14(4-10-17)18(23)20-16-7-5-15(19)6-8-16/h3-11H,1-2H3,(H,20,23). The number of rotatable bonds is 3. The van der Waals surface area contributed by atoms with Crippen LogP contribution in [0.3, 0.4) is 0 Å². The summed E-state index contributed by atoms with van der Waals surface area (Å²) in [4.78, 5) is 12.3. The molecule has 116 valence electrons. The number of carbonyl (C=O) groups excluding carboxylic acids is 1. The molecule has 1 heterocycles. The van der Waals surface area contributed by atoms with Crippen molar-refractivity contribution < 1.29 is 4.79 Å². The van der Waals surface area contributed by atoms with Gasteiger partial charge in [-0.2, -0.15) is 5.10 Å². The molecule has 0 saturated heterocycles. The first kappa shape index (κ1) is 15.5. The first-order valence-corrected chi connectivity index (χ1v) is 8.03. The Balaban J connectivity index is 1.77. The van der Waals surface area contributed by atoms with E-state index in [2.05, 4.69) is 26.3 Å². The summed E-state index contributed by atoms with van der Waals surface area (Å²) in [5.74, 6) is -0.132. The van der Waals surface area contributed by atoms with Gasteiger partial charge in [-0.15, -0.1) is 0 Å². The molecule has 0 aliphatic heterocycles. The van der Waals surface area contributed by atoms with Crippen LogP contribution in [-0.4, -0.2) is 15.7 Å². The van der Waals surface area contributed by atoms with Crippen molar-refractivity contribution in [1.29, 1.82) is 0 Å². The Kier molecular flexibility index (Phi) is 4.30. The number of benzene rings is 2. The maximum absolute atomic E-state index is 12.3. The fourth-order valence-electron chi connectivity index (χ4n) is 2.38. The number of anilines is 1. The number of hydrogen-bond donors (Lipinski definition) is 1. The van der Waals surface area contributed by atoms with Crippen molar-refractivity contribution in [3.05, 3.63) is 76.0 Å². The summed E-state index contributed by atoms with van der Waals surface area (Å²) in [6, 6.07) is 16.9. The second kappa shape index (κ2) is 6.38. The average molecular weight is 370 g/mol. The van der Waals surface area contributed by atoms with Gasteiger partial charge < -0.3 is 5.32 Å². The van der Waals surface area contributed by atoms with Crippen LogP contribution in [-0.2, 0) is 0 Å². The lowest BCUT2D eigenvalue weighted by atomic mass is 10.2. The highest BCUT2D eigenvalue weighted by molar-refractivity contribution is 9.10. The highest BCUT2D eigenvalue weighted by atomic mass is 79.9. The molecule has 0 aliphatic rings. The molecule has 0 fully saturated rings. The highest BCUT2D eigenvalue weighted by Crippen LogP contribution is 2.16. The summed E-state index contributed by atoms with van der Waals surface area (Å²) in [5, 5.41) is 7.32. The summed E-state index contributed by atoms with van der Waals surface area (Å²) in [6.45, 7) is 3.97. The van der Waals surface area contributed by atoms with Gasteiger partial charge in [0, 0.05) is 21.4 Å². The molecule has 3 aromatic rings. The van der Waals surface area contributed by atoms with E-state index in [0.29, 0.717) is 5.56 Å². The zero-order valence-electron chi connectivity index (χ0n) is 12.9. The summed E-state index contributed by atoms with van der Waals surface area (Å²) < 4.78 is 2.84. The molecule has 2 aromatic carbocycles. The summed E-state index contributed by atoms with van der Waals surface area (Å²) in [7, 11) is 0. The molecule has 0 unspecified atom stereocenters. The van der Waals surface area contributed by atoms with Gasteiger partial charge in [0.25, 0.3) is 5.91 Å². The predicted molar refractivity (Wildman–Crippen MR) is 95.1 cm³/mol. The van der Waals surface area contributed by atoms with Gasteiger partial charge in [0.15, 0.2) is 0 Å². The Hall–Kier alpha value is -2.40. The third-order valence-corrected chi connectivity index (χ3v) is 4.01. The highest BCUT2D eigenvalue weighted by Gasteiger charge is 2.08. The molecule has 0 aliphatic carbocycles. The fourth-order valence-corrected chi connectivity index (χ4v) is 2.65. The van der Waals surface area contributed by atoms with E-state index in [4.69, 9.17) is 0 Å². The molecule has 0 spiro atoms. The largest absolute Gasteiger partial charge is 0.322 e. The van der Waals surface area contributed by atoms with Crippen molar-refractivity contribution in [2.24, 2.45) is 0 Å². The molecule has 3 rings (SSSR count). The van der Waals surface area contributed by atoms with Gasteiger partial charge in [0.2, 0.25) is 0 Å². The Labute approximate surface area is 143 Å². The monoisotopic (exact) mass is 369 g/mol. The Morgan fingerprint density at radius 1 is 1.04 bits per heavy atom. The Morgan fingerprint density at radius 3 is 2.26 bits per heavy atom. The number of aromatic nitrogens is 2. The van der Waals surface area contributed by atoms with Crippen LogP contribution in [0.25, 0.3) is 5.69 Å². The van der Waals surface area contributed by atoms with E-state index in [0.717, 1.165) is 27.2 Å². The van der Waals surface area contributed by atoms with Gasteiger partial charge in [-0.3, -0.25) is 4.79 Å². The molecule has 4 nitrogen and oxygen atoms in total. The molecule has 0 atom stereocenters. The molecule has 1 amide bonds. The van der Waals surface area contributed by atoms with Gasteiger partial charge in [0.05, 0.1) is 11.4 Å². The van der Waals surface area contributed by atoms with E-state index in [1.54, 1.807) is 12.1 Å². The Morgan fingerprint density at radius 2 is 1.70 bits per heavy atom. The second-order valence-corrected chi connectivity index (χ2v) is 6.26. The SMILES string of the molecule is Cc1cc(C)n(-c2ccc(C(=O)Nc3ccc(Br)cc3)cc2)n1. The van der Waals surface area contributed by atoms with Gasteiger partial charge in [0.1, 0.15) is 0 Å². The Bertz CT molecular complexity index is 836. The molecule has 1 N–H and O–H groups in total. The number of amides is 1. The van der Waals surface area contributed by atoms with E-state index >= 15 is 0 Å². The molecular formula is C18H16BrN3O. The minimum Gasteiger partial charge on any atom is -0.322 e. The number of nitrogens with one attached hydrogen (secondary N) is 1.